The standard InChI is InChI=1S/C15H21N3/c1-5-18-14(8-9-17-18)15(16-4)13-10-11(2)6-7-12(13)3/h6-10,15-16H,5H2,1-4H3. The molecule has 1 atom stereocenters. The maximum atomic E-state index is 4.36. The fraction of sp³-hybridized carbons (Fsp3) is 0.400. The SMILES string of the molecule is CCn1nccc1C(NC)c1cc(C)ccc1C. The van der Waals surface area contributed by atoms with E-state index in [2.05, 4.69) is 55.5 Å². The number of nitrogens with one attached hydrogen (secondary N) is 1. The lowest BCUT2D eigenvalue weighted by molar-refractivity contribution is 0.562. The second kappa shape index (κ2) is 5.36. The fourth-order valence-corrected chi connectivity index (χ4v) is 2.39. The minimum Gasteiger partial charge on any atom is -0.308 e. The topological polar surface area (TPSA) is 29.9 Å². The first-order chi connectivity index (χ1) is 8.67. The molecule has 3 heteroatoms. The quantitative estimate of drug-likeness (QED) is 0.895. The number of benzene rings is 1. The fourth-order valence-electron chi connectivity index (χ4n) is 2.39. The Bertz CT molecular complexity index is 528. The van der Waals surface area contributed by atoms with Gasteiger partial charge in [0.2, 0.25) is 0 Å². The van der Waals surface area contributed by atoms with Crippen LogP contribution in [-0.2, 0) is 6.54 Å². The predicted molar refractivity (Wildman–Crippen MR) is 74.7 cm³/mol. The summed E-state index contributed by atoms with van der Waals surface area (Å²) >= 11 is 0. The van der Waals surface area contributed by atoms with Crippen LogP contribution in [0.1, 0.15) is 35.3 Å². The molecule has 0 aliphatic rings. The molecule has 0 fully saturated rings. The number of aryl methyl sites for hydroxylation is 3. The van der Waals surface area contributed by atoms with Crippen molar-refractivity contribution < 1.29 is 0 Å². The number of nitrogens with zero attached hydrogens (tertiary/aromatic N) is 2. The van der Waals surface area contributed by atoms with E-state index in [1.54, 1.807) is 0 Å². The molecule has 0 spiro atoms. The zero-order valence-electron chi connectivity index (χ0n) is 11.6. The molecule has 0 aliphatic heterocycles. The highest BCUT2D eigenvalue weighted by Gasteiger charge is 2.17. The molecule has 96 valence electrons. The summed E-state index contributed by atoms with van der Waals surface area (Å²) in [6.45, 7) is 7.30. The van der Waals surface area contributed by atoms with Gasteiger partial charge in [0.15, 0.2) is 0 Å². The van der Waals surface area contributed by atoms with Crippen LogP contribution in [0.4, 0.5) is 0 Å². The molecule has 0 saturated carbocycles. The van der Waals surface area contributed by atoms with E-state index >= 15 is 0 Å². The van der Waals surface area contributed by atoms with Gasteiger partial charge in [-0.1, -0.05) is 23.8 Å². The number of aromatic nitrogens is 2. The molecular formula is C15H21N3. The Morgan fingerprint density at radius 1 is 1.28 bits per heavy atom. The second-order valence-corrected chi connectivity index (χ2v) is 4.65. The zero-order valence-corrected chi connectivity index (χ0v) is 11.6. The van der Waals surface area contributed by atoms with E-state index in [9.17, 15) is 0 Å². The molecule has 0 amide bonds. The van der Waals surface area contributed by atoms with Crippen LogP contribution < -0.4 is 5.32 Å². The van der Waals surface area contributed by atoms with Crippen LogP contribution in [0.15, 0.2) is 30.5 Å². The normalized spacial score (nSPS) is 12.7. The third-order valence-corrected chi connectivity index (χ3v) is 3.38. The van der Waals surface area contributed by atoms with Crippen molar-refractivity contribution in [3.8, 4) is 0 Å². The molecule has 1 heterocycles. The minimum atomic E-state index is 0.201. The molecule has 3 nitrogen and oxygen atoms in total. The maximum Gasteiger partial charge on any atom is 0.0748 e. The first kappa shape index (κ1) is 12.8. The molecule has 1 unspecified atom stereocenters. The summed E-state index contributed by atoms with van der Waals surface area (Å²) in [5.74, 6) is 0. The Balaban J connectivity index is 2.48. The van der Waals surface area contributed by atoms with Gasteiger partial charge >= 0.3 is 0 Å². The van der Waals surface area contributed by atoms with Crippen molar-refractivity contribution in [1.29, 1.82) is 0 Å². The minimum absolute atomic E-state index is 0.201. The van der Waals surface area contributed by atoms with Gasteiger partial charge < -0.3 is 5.32 Å². The van der Waals surface area contributed by atoms with E-state index in [1.807, 2.05) is 17.9 Å². The third-order valence-electron chi connectivity index (χ3n) is 3.38. The molecule has 0 saturated heterocycles. The third kappa shape index (κ3) is 2.31. The first-order valence-electron chi connectivity index (χ1n) is 6.43. The molecule has 1 N–H and O–H groups in total. The maximum absolute atomic E-state index is 4.36. The van der Waals surface area contributed by atoms with Crippen LogP contribution in [0.5, 0.6) is 0 Å². The number of rotatable bonds is 4. The zero-order chi connectivity index (χ0) is 13.1. The van der Waals surface area contributed by atoms with Crippen LogP contribution in [-0.4, -0.2) is 16.8 Å². The highest BCUT2D eigenvalue weighted by molar-refractivity contribution is 5.37. The van der Waals surface area contributed by atoms with E-state index in [-0.39, 0.29) is 6.04 Å². The summed E-state index contributed by atoms with van der Waals surface area (Å²) in [6, 6.07) is 8.88. The van der Waals surface area contributed by atoms with Gasteiger partial charge in [-0.25, -0.2) is 0 Å². The van der Waals surface area contributed by atoms with Gasteiger partial charge in [-0.05, 0) is 45.0 Å². The van der Waals surface area contributed by atoms with E-state index < -0.39 is 0 Å². The summed E-state index contributed by atoms with van der Waals surface area (Å²) in [7, 11) is 2.00. The number of hydrogen-bond donors (Lipinski definition) is 1. The van der Waals surface area contributed by atoms with Crippen molar-refractivity contribution in [2.75, 3.05) is 7.05 Å². The van der Waals surface area contributed by atoms with Gasteiger partial charge in [0, 0.05) is 12.7 Å². The molecule has 1 aromatic carbocycles. The molecule has 1 aromatic heterocycles. The molecular weight excluding hydrogens is 222 g/mol. The lowest BCUT2D eigenvalue weighted by atomic mass is 9.97. The Kier molecular flexibility index (Phi) is 3.82. The molecule has 0 radical (unpaired) electrons. The van der Waals surface area contributed by atoms with Crippen LogP contribution in [0, 0.1) is 13.8 Å². The largest absolute Gasteiger partial charge is 0.308 e. The monoisotopic (exact) mass is 243 g/mol. The van der Waals surface area contributed by atoms with Gasteiger partial charge in [-0.3, -0.25) is 4.68 Å². The lowest BCUT2D eigenvalue weighted by Gasteiger charge is -2.20. The second-order valence-electron chi connectivity index (χ2n) is 4.65. The summed E-state index contributed by atoms with van der Waals surface area (Å²) in [5.41, 5.74) is 5.14. The van der Waals surface area contributed by atoms with Gasteiger partial charge in [0.1, 0.15) is 0 Å². The summed E-state index contributed by atoms with van der Waals surface area (Å²) < 4.78 is 2.04. The molecule has 2 aromatic rings. The van der Waals surface area contributed by atoms with E-state index in [0.717, 1.165) is 6.54 Å². The molecule has 0 aliphatic carbocycles. The van der Waals surface area contributed by atoms with Crippen molar-refractivity contribution in [3.05, 3.63) is 52.8 Å². The smallest absolute Gasteiger partial charge is 0.0748 e. The average molecular weight is 243 g/mol. The first-order valence-corrected chi connectivity index (χ1v) is 6.43. The average Bonchev–Trinajstić information content (AvgIpc) is 2.83. The highest BCUT2D eigenvalue weighted by atomic mass is 15.3. The Morgan fingerprint density at radius 2 is 2.06 bits per heavy atom. The van der Waals surface area contributed by atoms with Crippen LogP contribution in [0.3, 0.4) is 0 Å². The summed E-state index contributed by atoms with van der Waals surface area (Å²) in [4.78, 5) is 0. The number of hydrogen-bond acceptors (Lipinski definition) is 2. The van der Waals surface area contributed by atoms with Crippen molar-refractivity contribution in [3.63, 3.8) is 0 Å². The molecule has 2 rings (SSSR count). The molecule has 0 bridgehead atoms. The summed E-state index contributed by atoms with van der Waals surface area (Å²) in [5, 5.41) is 7.76. The van der Waals surface area contributed by atoms with Crippen molar-refractivity contribution in [2.45, 2.75) is 33.4 Å². The van der Waals surface area contributed by atoms with Gasteiger partial charge in [0.05, 0.1) is 11.7 Å². The van der Waals surface area contributed by atoms with E-state index in [4.69, 9.17) is 0 Å². The molecule has 18 heavy (non-hydrogen) atoms. The van der Waals surface area contributed by atoms with Gasteiger partial charge in [-0.15, -0.1) is 0 Å². The van der Waals surface area contributed by atoms with Crippen LogP contribution in [0.25, 0.3) is 0 Å². The van der Waals surface area contributed by atoms with Crippen LogP contribution in [0.2, 0.25) is 0 Å². The van der Waals surface area contributed by atoms with Crippen molar-refractivity contribution in [2.24, 2.45) is 0 Å². The van der Waals surface area contributed by atoms with Crippen LogP contribution >= 0.6 is 0 Å². The van der Waals surface area contributed by atoms with Crippen molar-refractivity contribution >= 4 is 0 Å². The highest BCUT2D eigenvalue weighted by Crippen LogP contribution is 2.25. The van der Waals surface area contributed by atoms with E-state index in [1.165, 1.54) is 22.4 Å². The Hall–Kier alpha value is -1.61. The van der Waals surface area contributed by atoms with Gasteiger partial charge in [0.25, 0.3) is 0 Å². The Morgan fingerprint density at radius 3 is 2.72 bits per heavy atom. The Labute approximate surface area is 109 Å². The van der Waals surface area contributed by atoms with Gasteiger partial charge in [-0.2, -0.15) is 5.10 Å². The predicted octanol–water partition coefficient (Wildman–Crippen LogP) is 2.83. The van der Waals surface area contributed by atoms with E-state index in [0.29, 0.717) is 0 Å². The lowest BCUT2D eigenvalue weighted by Crippen LogP contribution is -2.22. The summed E-state index contributed by atoms with van der Waals surface area (Å²) in [6.07, 6.45) is 1.87. The van der Waals surface area contributed by atoms with Crippen molar-refractivity contribution in [1.82, 2.24) is 15.1 Å².